The fourth-order valence-corrected chi connectivity index (χ4v) is 1.68. The lowest BCUT2D eigenvalue weighted by atomic mass is 10.1. The van der Waals surface area contributed by atoms with E-state index < -0.39 is 0 Å². The Balaban J connectivity index is 0.000000845. The molecule has 0 saturated carbocycles. The van der Waals surface area contributed by atoms with Gasteiger partial charge in [-0.25, -0.2) is 0 Å². The first-order valence-corrected chi connectivity index (χ1v) is 8.66. The Hall–Kier alpha value is -2.55. The van der Waals surface area contributed by atoms with Crippen LogP contribution in [0, 0.1) is 12.8 Å². The summed E-state index contributed by atoms with van der Waals surface area (Å²) in [6, 6.07) is 14.2. The molecule has 25 heavy (non-hydrogen) atoms. The molecule has 2 rings (SSSR count). The van der Waals surface area contributed by atoms with Crippen LogP contribution in [-0.2, 0) is 0 Å². The van der Waals surface area contributed by atoms with Crippen LogP contribution in [0.25, 0.3) is 5.76 Å². The quantitative estimate of drug-likeness (QED) is 0.629. The van der Waals surface area contributed by atoms with Gasteiger partial charge in [0, 0.05) is 16.8 Å². The van der Waals surface area contributed by atoms with Gasteiger partial charge in [0.1, 0.15) is 5.76 Å². The van der Waals surface area contributed by atoms with Crippen LogP contribution in [0.5, 0.6) is 0 Å². The summed E-state index contributed by atoms with van der Waals surface area (Å²) in [6.45, 7) is 15.9. The summed E-state index contributed by atoms with van der Waals surface area (Å²) in [5, 5.41) is 12.1. The highest BCUT2D eigenvalue weighted by Gasteiger charge is 2.06. The summed E-state index contributed by atoms with van der Waals surface area (Å²) in [6.07, 6.45) is 0. The number of aliphatic hydroxyl groups is 1. The Kier molecular flexibility index (Phi) is 10.7. The van der Waals surface area contributed by atoms with Gasteiger partial charge in [0.15, 0.2) is 0 Å². The molecule has 0 atom stereocenters. The molecule has 0 spiro atoms. The lowest BCUT2D eigenvalue weighted by Gasteiger charge is -2.07. The molecule has 0 aromatic heterocycles. The number of carbonyl (C=O) groups is 1. The molecule has 2 aromatic rings. The van der Waals surface area contributed by atoms with E-state index in [0.717, 1.165) is 11.5 Å². The Morgan fingerprint density at radius 3 is 2.00 bits per heavy atom. The zero-order chi connectivity index (χ0) is 19.4. The minimum atomic E-state index is -0.180. The number of hydrogen-bond acceptors (Lipinski definition) is 2. The Bertz CT molecular complexity index is 655. The number of anilines is 1. The topological polar surface area (TPSA) is 49.3 Å². The molecular weight excluding hydrogens is 310 g/mol. The van der Waals surface area contributed by atoms with Gasteiger partial charge in [0.25, 0.3) is 5.91 Å². The third-order valence-corrected chi connectivity index (χ3v) is 2.77. The third-order valence-electron chi connectivity index (χ3n) is 2.77. The SMILES string of the molecule is C=C(O)c1cccc(NC(=O)c2ccc(C)cc2)c1.CC.CC(C)C. The van der Waals surface area contributed by atoms with Crippen LogP contribution >= 0.6 is 0 Å². The monoisotopic (exact) mass is 341 g/mol. The largest absolute Gasteiger partial charge is 0.508 e. The minimum Gasteiger partial charge on any atom is -0.508 e. The van der Waals surface area contributed by atoms with Crippen molar-refractivity contribution in [3.63, 3.8) is 0 Å². The van der Waals surface area contributed by atoms with E-state index >= 15 is 0 Å². The number of nitrogens with one attached hydrogen (secondary N) is 1. The van der Waals surface area contributed by atoms with E-state index in [2.05, 4.69) is 32.7 Å². The van der Waals surface area contributed by atoms with Gasteiger partial charge in [-0.2, -0.15) is 0 Å². The molecule has 136 valence electrons. The molecule has 0 radical (unpaired) electrons. The molecule has 2 aromatic carbocycles. The van der Waals surface area contributed by atoms with E-state index in [0.29, 0.717) is 16.8 Å². The van der Waals surface area contributed by atoms with Crippen LogP contribution in [0.15, 0.2) is 55.1 Å². The summed E-state index contributed by atoms with van der Waals surface area (Å²) in [4.78, 5) is 12.0. The lowest BCUT2D eigenvalue weighted by molar-refractivity contribution is 0.102. The van der Waals surface area contributed by atoms with E-state index in [4.69, 9.17) is 0 Å². The number of rotatable bonds is 3. The Morgan fingerprint density at radius 1 is 1.00 bits per heavy atom. The van der Waals surface area contributed by atoms with Crippen LogP contribution in [0.4, 0.5) is 5.69 Å². The van der Waals surface area contributed by atoms with Crippen molar-refractivity contribution in [2.75, 3.05) is 5.32 Å². The molecule has 0 aliphatic carbocycles. The van der Waals surface area contributed by atoms with E-state index in [1.54, 1.807) is 36.4 Å². The van der Waals surface area contributed by atoms with E-state index in [1.165, 1.54) is 0 Å². The van der Waals surface area contributed by atoms with Crippen molar-refractivity contribution >= 4 is 17.4 Å². The molecule has 0 unspecified atom stereocenters. The van der Waals surface area contributed by atoms with E-state index in [-0.39, 0.29) is 11.7 Å². The lowest BCUT2D eigenvalue weighted by Crippen LogP contribution is -2.11. The van der Waals surface area contributed by atoms with Crippen molar-refractivity contribution in [2.24, 2.45) is 5.92 Å². The van der Waals surface area contributed by atoms with Crippen LogP contribution in [0.2, 0.25) is 0 Å². The Morgan fingerprint density at radius 2 is 1.52 bits per heavy atom. The van der Waals surface area contributed by atoms with Gasteiger partial charge < -0.3 is 10.4 Å². The summed E-state index contributed by atoms with van der Waals surface area (Å²) >= 11 is 0. The Labute approximate surface area is 152 Å². The first kappa shape index (κ1) is 22.4. The molecule has 2 N–H and O–H groups in total. The standard InChI is InChI=1S/C16H15NO2.C4H10.C2H6/c1-11-6-8-13(9-7-11)16(19)17-15-5-3-4-14(10-15)12(2)18;1-4(2)3;1-2/h3-10,18H,2H2,1H3,(H,17,19);4H,1-3H3;1-2H3. The minimum absolute atomic E-state index is 0.0218. The smallest absolute Gasteiger partial charge is 0.255 e. The van der Waals surface area contributed by atoms with Crippen molar-refractivity contribution < 1.29 is 9.90 Å². The van der Waals surface area contributed by atoms with Crippen LogP contribution in [0.1, 0.15) is 56.1 Å². The van der Waals surface area contributed by atoms with E-state index in [9.17, 15) is 9.90 Å². The first-order chi connectivity index (χ1) is 11.8. The molecule has 0 bridgehead atoms. The molecular formula is C22H31NO2. The molecule has 3 nitrogen and oxygen atoms in total. The maximum absolute atomic E-state index is 12.0. The predicted octanol–water partition coefficient (Wildman–Crippen LogP) is 6.46. The van der Waals surface area contributed by atoms with Crippen molar-refractivity contribution in [3.05, 3.63) is 71.8 Å². The molecule has 1 amide bonds. The number of aliphatic hydroxyl groups excluding tert-OH is 1. The van der Waals surface area contributed by atoms with Crippen LogP contribution < -0.4 is 5.32 Å². The predicted molar refractivity (Wildman–Crippen MR) is 109 cm³/mol. The van der Waals surface area contributed by atoms with Gasteiger partial charge in [-0.1, -0.05) is 71.0 Å². The van der Waals surface area contributed by atoms with E-state index in [1.807, 2.05) is 32.9 Å². The molecule has 0 saturated heterocycles. The van der Waals surface area contributed by atoms with Gasteiger partial charge in [-0.15, -0.1) is 0 Å². The second kappa shape index (κ2) is 11.9. The van der Waals surface area contributed by atoms with Gasteiger partial charge in [-0.3, -0.25) is 4.79 Å². The van der Waals surface area contributed by atoms with Gasteiger partial charge in [-0.05, 0) is 37.1 Å². The number of amides is 1. The summed E-state index contributed by atoms with van der Waals surface area (Å²) in [5.41, 5.74) is 2.91. The number of benzene rings is 2. The van der Waals surface area contributed by atoms with Crippen LogP contribution in [0.3, 0.4) is 0 Å². The highest BCUT2D eigenvalue weighted by atomic mass is 16.3. The highest BCUT2D eigenvalue weighted by Crippen LogP contribution is 2.16. The second-order valence-corrected chi connectivity index (χ2v) is 6.08. The fourth-order valence-electron chi connectivity index (χ4n) is 1.68. The van der Waals surface area contributed by atoms with Crippen molar-refractivity contribution in [1.82, 2.24) is 0 Å². The fraction of sp³-hybridized carbons (Fsp3) is 0.318. The van der Waals surface area contributed by atoms with Crippen molar-refractivity contribution in [1.29, 1.82) is 0 Å². The zero-order valence-corrected chi connectivity index (χ0v) is 16.3. The van der Waals surface area contributed by atoms with Gasteiger partial charge in [0.05, 0.1) is 0 Å². The maximum Gasteiger partial charge on any atom is 0.255 e. The molecule has 0 fully saturated rings. The van der Waals surface area contributed by atoms with Crippen LogP contribution in [-0.4, -0.2) is 11.0 Å². The third kappa shape index (κ3) is 9.36. The summed E-state index contributed by atoms with van der Waals surface area (Å²) in [7, 11) is 0. The number of aryl methyl sites for hydroxylation is 1. The second-order valence-electron chi connectivity index (χ2n) is 6.08. The van der Waals surface area contributed by atoms with Gasteiger partial charge >= 0.3 is 0 Å². The normalized spacial score (nSPS) is 9.24. The zero-order valence-electron chi connectivity index (χ0n) is 16.3. The maximum atomic E-state index is 12.0. The van der Waals surface area contributed by atoms with Gasteiger partial charge in [0.2, 0.25) is 0 Å². The molecule has 0 heterocycles. The summed E-state index contributed by atoms with van der Waals surface area (Å²) in [5.74, 6) is 0.632. The molecule has 0 aliphatic rings. The summed E-state index contributed by atoms with van der Waals surface area (Å²) < 4.78 is 0. The number of carbonyl (C=O) groups excluding carboxylic acids is 1. The molecule has 3 heteroatoms. The molecule has 0 aliphatic heterocycles. The first-order valence-electron chi connectivity index (χ1n) is 8.66. The number of hydrogen-bond donors (Lipinski definition) is 2. The van der Waals surface area contributed by atoms with Crippen molar-refractivity contribution in [2.45, 2.75) is 41.5 Å². The highest BCUT2D eigenvalue weighted by molar-refractivity contribution is 6.04. The average molecular weight is 341 g/mol. The average Bonchev–Trinajstić information content (AvgIpc) is 2.57. The van der Waals surface area contributed by atoms with Crippen molar-refractivity contribution in [3.8, 4) is 0 Å².